The van der Waals surface area contributed by atoms with E-state index >= 15 is 0 Å². The molecule has 280 valence electrons. The zero-order chi connectivity index (χ0) is 38.5. The van der Waals surface area contributed by atoms with Crippen LogP contribution in [-0.2, 0) is 28.5 Å². The van der Waals surface area contributed by atoms with E-state index < -0.39 is 34.6 Å². The maximum absolute atomic E-state index is 14.6. The van der Waals surface area contributed by atoms with Gasteiger partial charge in [0.05, 0.1) is 27.6 Å². The summed E-state index contributed by atoms with van der Waals surface area (Å²) < 4.78 is 42.7. The van der Waals surface area contributed by atoms with E-state index in [4.69, 9.17) is 16.6 Å². The smallest absolute Gasteiger partial charge is 0.416 e. The molecular formula is C37H34ClF3N8O5. The lowest BCUT2D eigenvalue weighted by Crippen LogP contribution is -2.48. The first-order chi connectivity index (χ1) is 25.5. The molecule has 17 heteroatoms. The van der Waals surface area contributed by atoms with Crippen LogP contribution in [0.1, 0.15) is 77.6 Å². The number of aromatic hydroxyl groups is 1. The standard InChI is InChI=1S/C37H34ClF3N8O5/c1-18-30(51)28(43-17-42-18)33(53)47-12-10-36(11-13-47)23-15-22(23)29-27(36)32(52)49-34(45-31(46-49)19-4-6-20(7-5-19)35(2,3)54)48(29)16-26(50)44-25-9-8-21(14-24(25)38)37(39,40)41/h4-9,14,17,22-23,51,54H,10-13,15-16H2,1-3H3,(H,44,50)/t22-,23+/m0/s1. The minimum absolute atomic E-state index is 0.0137. The first-order valence-corrected chi connectivity index (χ1v) is 17.7. The number of fused-ring (bicyclic) bond motifs is 6. The minimum atomic E-state index is -4.62. The van der Waals surface area contributed by atoms with Gasteiger partial charge in [-0.05, 0) is 69.7 Å². The molecule has 2 fully saturated rings. The number of aliphatic hydroxyl groups is 1. The summed E-state index contributed by atoms with van der Waals surface area (Å²) in [5.41, 5.74) is -0.541. The molecule has 4 heterocycles. The van der Waals surface area contributed by atoms with Crippen molar-refractivity contribution >= 4 is 34.9 Å². The van der Waals surface area contributed by atoms with Crippen molar-refractivity contribution in [2.45, 2.75) is 69.7 Å². The molecule has 2 aliphatic carbocycles. The zero-order valence-corrected chi connectivity index (χ0v) is 30.0. The third-order valence-electron chi connectivity index (χ3n) is 11.0. The lowest BCUT2D eigenvalue weighted by atomic mass is 9.71. The van der Waals surface area contributed by atoms with Gasteiger partial charge in [0.2, 0.25) is 11.7 Å². The summed E-state index contributed by atoms with van der Waals surface area (Å²) in [6.07, 6.45) is -1.78. The van der Waals surface area contributed by atoms with E-state index in [-0.39, 0.29) is 76.5 Å². The van der Waals surface area contributed by atoms with Gasteiger partial charge < -0.3 is 25.0 Å². The van der Waals surface area contributed by atoms with Crippen LogP contribution >= 0.6 is 11.6 Å². The van der Waals surface area contributed by atoms with Crippen LogP contribution in [0, 0.1) is 12.8 Å². The van der Waals surface area contributed by atoms with Crippen LogP contribution < -0.4 is 10.9 Å². The highest BCUT2D eigenvalue weighted by molar-refractivity contribution is 6.33. The number of likely N-dealkylation sites (tertiary alicyclic amines) is 1. The summed E-state index contributed by atoms with van der Waals surface area (Å²) in [4.78, 5) is 56.0. The predicted molar refractivity (Wildman–Crippen MR) is 189 cm³/mol. The van der Waals surface area contributed by atoms with E-state index in [2.05, 4.69) is 20.4 Å². The van der Waals surface area contributed by atoms with E-state index in [0.29, 0.717) is 35.2 Å². The summed E-state index contributed by atoms with van der Waals surface area (Å²) >= 11 is 6.17. The number of alkyl halides is 3. The Morgan fingerprint density at radius 1 is 1.06 bits per heavy atom. The van der Waals surface area contributed by atoms with Crippen molar-refractivity contribution in [1.29, 1.82) is 0 Å². The maximum Gasteiger partial charge on any atom is 0.416 e. The normalized spacial score (nSPS) is 18.9. The summed E-state index contributed by atoms with van der Waals surface area (Å²) in [6, 6.07) is 9.57. The second kappa shape index (κ2) is 12.3. The number of halogens is 4. The molecule has 1 saturated heterocycles. The Balaban J connectivity index is 1.18. The number of aryl methyl sites for hydroxylation is 1. The van der Waals surface area contributed by atoms with Crippen molar-refractivity contribution in [2.75, 3.05) is 18.4 Å². The van der Waals surface area contributed by atoms with Gasteiger partial charge in [-0.3, -0.25) is 14.4 Å². The number of nitrogens with one attached hydrogen (secondary N) is 1. The van der Waals surface area contributed by atoms with Crippen LogP contribution in [0.5, 0.6) is 5.75 Å². The van der Waals surface area contributed by atoms with E-state index in [9.17, 15) is 37.8 Å². The van der Waals surface area contributed by atoms with Crippen molar-refractivity contribution in [2.24, 2.45) is 5.92 Å². The van der Waals surface area contributed by atoms with Crippen LogP contribution in [0.3, 0.4) is 0 Å². The second-order valence-corrected chi connectivity index (χ2v) is 15.1. The molecule has 13 nitrogen and oxygen atoms in total. The fourth-order valence-electron chi connectivity index (χ4n) is 8.15. The summed E-state index contributed by atoms with van der Waals surface area (Å²) in [7, 11) is 0. The first kappa shape index (κ1) is 35.7. The zero-order valence-electron chi connectivity index (χ0n) is 29.3. The summed E-state index contributed by atoms with van der Waals surface area (Å²) in [6.45, 7) is 5.10. The molecule has 8 rings (SSSR count). The molecule has 2 aromatic carbocycles. The van der Waals surface area contributed by atoms with Gasteiger partial charge in [-0.25, -0.2) is 9.97 Å². The number of nitrogens with zero attached hydrogens (tertiary/aromatic N) is 7. The number of hydrogen-bond donors (Lipinski definition) is 3. The molecule has 0 bridgehead atoms. The molecule has 3 N–H and O–H groups in total. The highest BCUT2D eigenvalue weighted by Gasteiger charge is 2.64. The van der Waals surface area contributed by atoms with Gasteiger partial charge in [-0.15, -0.1) is 5.10 Å². The van der Waals surface area contributed by atoms with Gasteiger partial charge in [0.1, 0.15) is 12.9 Å². The number of aromatic nitrogens is 6. The van der Waals surface area contributed by atoms with E-state index in [1.807, 2.05) is 0 Å². The molecule has 54 heavy (non-hydrogen) atoms. The lowest BCUT2D eigenvalue weighted by Gasteiger charge is -2.41. The molecule has 1 spiro atoms. The molecule has 3 aliphatic rings. The molecule has 1 aliphatic heterocycles. The highest BCUT2D eigenvalue weighted by Crippen LogP contribution is 2.67. The van der Waals surface area contributed by atoms with Gasteiger partial charge in [-0.2, -0.15) is 22.7 Å². The minimum Gasteiger partial charge on any atom is -0.504 e. The van der Waals surface area contributed by atoms with Gasteiger partial charge in [0.25, 0.3) is 11.5 Å². The molecular weight excluding hydrogens is 729 g/mol. The number of rotatable bonds is 6. The van der Waals surface area contributed by atoms with Crippen LogP contribution in [0.15, 0.2) is 53.6 Å². The SMILES string of the molecule is Cc1ncnc(C(=O)N2CCC3(CC2)c2c(n(CC(=O)Nc4ccc(C(F)(F)F)cc4Cl)c4nc(-c5ccc(C(C)(C)O)cc5)nn4c2=O)[C@H]2C[C@H]23)c1O. The number of benzene rings is 2. The fourth-order valence-corrected chi connectivity index (χ4v) is 8.38. The van der Waals surface area contributed by atoms with Crippen molar-refractivity contribution in [1.82, 2.24) is 34.0 Å². The van der Waals surface area contributed by atoms with Crippen molar-refractivity contribution in [3.05, 3.63) is 97.9 Å². The Hall–Kier alpha value is -5.35. The highest BCUT2D eigenvalue weighted by atomic mass is 35.5. The monoisotopic (exact) mass is 762 g/mol. The Morgan fingerprint density at radius 3 is 2.39 bits per heavy atom. The van der Waals surface area contributed by atoms with Gasteiger partial charge in [0.15, 0.2) is 17.3 Å². The van der Waals surface area contributed by atoms with Crippen LogP contribution in [0.4, 0.5) is 18.9 Å². The van der Waals surface area contributed by atoms with Gasteiger partial charge in [-0.1, -0.05) is 35.9 Å². The summed E-state index contributed by atoms with van der Waals surface area (Å²) in [5.74, 6) is -1.04. The predicted octanol–water partition coefficient (Wildman–Crippen LogP) is 5.19. The Labute approximate surface area is 310 Å². The second-order valence-electron chi connectivity index (χ2n) is 14.7. The van der Waals surface area contributed by atoms with Crippen LogP contribution in [0.25, 0.3) is 17.2 Å². The molecule has 5 aromatic rings. The van der Waals surface area contributed by atoms with Crippen LogP contribution in [0.2, 0.25) is 5.02 Å². The average molecular weight is 763 g/mol. The number of carbonyl (C=O) groups is 2. The molecule has 3 aromatic heterocycles. The number of anilines is 1. The molecule has 2 amide bonds. The lowest BCUT2D eigenvalue weighted by molar-refractivity contribution is -0.137. The van der Waals surface area contributed by atoms with E-state index in [0.717, 1.165) is 24.6 Å². The molecule has 0 unspecified atom stereocenters. The fraction of sp³-hybridized carbons (Fsp3) is 0.378. The number of piperidine rings is 1. The Bertz CT molecular complexity index is 2430. The number of hydrogen-bond acceptors (Lipinski definition) is 9. The third kappa shape index (κ3) is 5.78. The summed E-state index contributed by atoms with van der Waals surface area (Å²) in [5, 5.41) is 27.9. The van der Waals surface area contributed by atoms with Gasteiger partial charge >= 0.3 is 6.18 Å². The average Bonchev–Trinajstić information content (AvgIpc) is 3.72. The number of carbonyl (C=O) groups excluding carboxylic acids is 2. The van der Waals surface area contributed by atoms with Gasteiger partial charge in [0, 0.05) is 41.2 Å². The van der Waals surface area contributed by atoms with Crippen molar-refractivity contribution in [3.63, 3.8) is 0 Å². The Morgan fingerprint density at radius 2 is 1.74 bits per heavy atom. The molecule has 0 radical (unpaired) electrons. The Kier molecular flexibility index (Phi) is 8.15. The maximum atomic E-state index is 14.6. The quantitative estimate of drug-likeness (QED) is 0.211. The largest absolute Gasteiger partial charge is 0.504 e. The molecule has 2 atom stereocenters. The van der Waals surface area contributed by atoms with Crippen molar-refractivity contribution < 1.29 is 33.0 Å². The molecule has 1 saturated carbocycles. The van der Waals surface area contributed by atoms with E-state index in [1.165, 1.54) is 10.8 Å². The topological polar surface area (TPSA) is 168 Å². The van der Waals surface area contributed by atoms with Crippen LogP contribution in [-0.4, -0.2) is 69.1 Å². The van der Waals surface area contributed by atoms with E-state index in [1.54, 1.807) is 54.5 Å². The third-order valence-corrected chi connectivity index (χ3v) is 11.3. The number of amides is 2. The van der Waals surface area contributed by atoms with Crippen molar-refractivity contribution in [3.8, 4) is 17.1 Å². The first-order valence-electron chi connectivity index (χ1n) is 17.3.